The lowest BCUT2D eigenvalue weighted by molar-refractivity contribution is -0.136. The third-order valence-electron chi connectivity index (χ3n) is 4.97. The Labute approximate surface area is 157 Å². The summed E-state index contributed by atoms with van der Waals surface area (Å²) in [5.74, 6) is 0.0837. The lowest BCUT2D eigenvalue weighted by atomic mass is 9.66. The summed E-state index contributed by atoms with van der Waals surface area (Å²) in [7, 11) is 0. The van der Waals surface area contributed by atoms with E-state index >= 15 is 0 Å². The molecule has 2 aromatic carbocycles. The molecular formula is C22H20N2OS. The van der Waals surface area contributed by atoms with E-state index in [4.69, 9.17) is 4.98 Å². The number of thiazole rings is 1. The van der Waals surface area contributed by atoms with Crippen LogP contribution in [0.3, 0.4) is 0 Å². The minimum Gasteiger partial charge on any atom is -0.300 e. The second-order valence-electron chi connectivity index (χ2n) is 6.65. The Bertz CT molecular complexity index is 935. The third-order valence-corrected chi connectivity index (χ3v) is 5.99. The second kappa shape index (κ2) is 6.54. The number of hydrogen-bond donors (Lipinski definition) is 0. The summed E-state index contributed by atoms with van der Waals surface area (Å²) in [4.78, 5) is 19.9. The van der Waals surface area contributed by atoms with Gasteiger partial charge in [-0.1, -0.05) is 54.6 Å². The summed E-state index contributed by atoms with van der Waals surface area (Å²) in [6.07, 6.45) is 2.45. The highest BCUT2D eigenvalue weighted by atomic mass is 32.1. The standard InChI is InChI=1S/C22H20N2OS/c1-3-22(14-17-10-6-4-7-11-17)19(20-23-16(2)15-26-20)24(21(22)25)18-12-8-5-9-13-18/h3-13,15,19H,1,14H2,2H3/t19-,22-/m0/s1. The topological polar surface area (TPSA) is 33.2 Å². The molecule has 3 nitrogen and oxygen atoms in total. The maximum Gasteiger partial charge on any atom is 0.240 e. The molecule has 1 aliphatic rings. The number of β-lactam (4-membered cyclic amide) rings is 1. The van der Waals surface area contributed by atoms with Gasteiger partial charge in [0.1, 0.15) is 11.0 Å². The quantitative estimate of drug-likeness (QED) is 0.476. The summed E-state index contributed by atoms with van der Waals surface area (Å²) in [5.41, 5.74) is 2.35. The van der Waals surface area contributed by atoms with Crippen molar-refractivity contribution in [3.8, 4) is 0 Å². The molecule has 1 fully saturated rings. The average Bonchev–Trinajstić information content (AvgIpc) is 3.10. The number of carbonyl (C=O) groups is 1. The van der Waals surface area contributed by atoms with Crippen molar-refractivity contribution in [3.05, 3.63) is 95.0 Å². The van der Waals surface area contributed by atoms with Crippen LogP contribution in [-0.2, 0) is 11.2 Å². The Kier molecular flexibility index (Phi) is 4.21. The highest BCUT2D eigenvalue weighted by Crippen LogP contribution is 2.55. The molecule has 0 spiro atoms. The van der Waals surface area contributed by atoms with Gasteiger partial charge in [0, 0.05) is 16.8 Å². The molecule has 0 unspecified atom stereocenters. The van der Waals surface area contributed by atoms with Gasteiger partial charge in [-0.05, 0) is 31.0 Å². The molecule has 130 valence electrons. The van der Waals surface area contributed by atoms with Crippen molar-refractivity contribution < 1.29 is 4.79 Å². The van der Waals surface area contributed by atoms with E-state index in [9.17, 15) is 4.79 Å². The van der Waals surface area contributed by atoms with Crippen molar-refractivity contribution in [1.29, 1.82) is 0 Å². The van der Waals surface area contributed by atoms with Gasteiger partial charge in [-0.3, -0.25) is 4.79 Å². The fourth-order valence-corrected chi connectivity index (χ4v) is 4.67. The van der Waals surface area contributed by atoms with Crippen molar-refractivity contribution in [2.45, 2.75) is 19.4 Å². The smallest absolute Gasteiger partial charge is 0.240 e. The van der Waals surface area contributed by atoms with Gasteiger partial charge in [0.05, 0.1) is 5.41 Å². The molecule has 2 heterocycles. The molecule has 4 heteroatoms. The van der Waals surface area contributed by atoms with Crippen molar-refractivity contribution in [3.63, 3.8) is 0 Å². The SMILES string of the molecule is C=C[C@@]1(Cc2ccccc2)C(=O)N(c2ccccc2)[C@H]1c1nc(C)cs1. The van der Waals surface area contributed by atoms with E-state index in [2.05, 4.69) is 18.7 Å². The lowest BCUT2D eigenvalue weighted by Crippen LogP contribution is -2.63. The monoisotopic (exact) mass is 360 g/mol. The van der Waals surface area contributed by atoms with Crippen molar-refractivity contribution in [2.75, 3.05) is 4.90 Å². The fourth-order valence-electron chi connectivity index (χ4n) is 3.68. The molecule has 0 aliphatic carbocycles. The first-order chi connectivity index (χ1) is 12.7. The molecule has 2 atom stereocenters. The molecule has 0 saturated carbocycles. The highest BCUT2D eigenvalue weighted by Gasteiger charge is 2.60. The van der Waals surface area contributed by atoms with E-state index in [0.29, 0.717) is 6.42 Å². The molecule has 3 aromatic rings. The first kappa shape index (κ1) is 16.7. The first-order valence-electron chi connectivity index (χ1n) is 8.64. The Balaban J connectivity index is 1.79. The number of hydrogen-bond acceptors (Lipinski definition) is 3. The van der Waals surface area contributed by atoms with Crippen LogP contribution in [0.4, 0.5) is 5.69 Å². The number of benzene rings is 2. The van der Waals surface area contributed by atoms with E-state index in [1.807, 2.05) is 71.8 Å². The number of aromatic nitrogens is 1. The van der Waals surface area contributed by atoms with Crippen LogP contribution >= 0.6 is 11.3 Å². The van der Waals surface area contributed by atoms with E-state index < -0.39 is 5.41 Å². The number of amides is 1. The zero-order valence-corrected chi connectivity index (χ0v) is 15.4. The minimum absolute atomic E-state index is 0.0837. The van der Waals surface area contributed by atoms with Crippen LogP contribution in [0.5, 0.6) is 0 Å². The summed E-state index contributed by atoms with van der Waals surface area (Å²) < 4.78 is 0. The van der Waals surface area contributed by atoms with E-state index in [1.54, 1.807) is 11.3 Å². The van der Waals surface area contributed by atoms with Crippen LogP contribution in [0.2, 0.25) is 0 Å². The largest absolute Gasteiger partial charge is 0.300 e. The molecule has 1 saturated heterocycles. The van der Waals surface area contributed by atoms with Gasteiger partial charge < -0.3 is 4.90 Å². The van der Waals surface area contributed by atoms with Gasteiger partial charge in [-0.15, -0.1) is 17.9 Å². The normalized spacial score (nSPS) is 22.1. The van der Waals surface area contributed by atoms with Gasteiger partial charge >= 0.3 is 0 Å². The molecule has 1 aliphatic heterocycles. The predicted octanol–water partition coefficient (Wildman–Crippen LogP) is 4.95. The zero-order chi connectivity index (χ0) is 18.1. The van der Waals surface area contributed by atoms with E-state index in [1.165, 1.54) is 0 Å². The Morgan fingerprint density at radius 2 is 1.81 bits per heavy atom. The fraction of sp³-hybridized carbons (Fsp3) is 0.182. The average molecular weight is 360 g/mol. The maximum absolute atomic E-state index is 13.3. The van der Waals surface area contributed by atoms with Gasteiger partial charge in [0.2, 0.25) is 5.91 Å². The predicted molar refractivity (Wildman–Crippen MR) is 106 cm³/mol. The van der Waals surface area contributed by atoms with E-state index in [-0.39, 0.29) is 11.9 Å². The van der Waals surface area contributed by atoms with Crippen LogP contribution in [0.15, 0.2) is 78.7 Å². The molecule has 0 radical (unpaired) electrons. The Hall–Kier alpha value is -2.72. The summed E-state index contributed by atoms with van der Waals surface area (Å²) >= 11 is 1.61. The van der Waals surface area contributed by atoms with Crippen molar-refractivity contribution >= 4 is 22.9 Å². The first-order valence-corrected chi connectivity index (χ1v) is 9.52. The van der Waals surface area contributed by atoms with Crippen molar-refractivity contribution in [2.24, 2.45) is 5.41 Å². The van der Waals surface area contributed by atoms with E-state index in [0.717, 1.165) is 22.0 Å². The summed E-state index contributed by atoms with van der Waals surface area (Å²) in [6, 6.07) is 19.8. The zero-order valence-electron chi connectivity index (χ0n) is 14.6. The summed E-state index contributed by atoms with van der Waals surface area (Å²) in [5, 5.41) is 3.00. The minimum atomic E-state index is -0.665. The third kappa shape index (κ3) is 2.58. The van der Waals surface area contributed by atoms with Crippen LogP contribution in [0.1, 0.15) is 22.3 Å². The molecule has 1 amide bonds. The number of nitrogens with zero attached hydrogens (tertiary/aromatic N) is 2. The lowest BCUT2D eigenvalue weighted by Gasteiger charge is -2.54. The molecule has 26 heavy (non-hydrogen) atoms. The number of rotatable bonds is 5. The van der Waals surface area contributed by atoms with Gasteiger partial charge in [0.25, 0.3) is 0 Å². The van der Waals surface area contributed by atoms with Gasteiger partial charge in [0.15, 0.2) is 0 Å². The molecular weight excluding hydrogens is 340 g/mol. The van der Waals surface area contributed by atoms with Gasteiger partial charge in [-0.2, -0.15) is 0 Å². The number of aryl methyl sites for hydroxylation is 1. The molecule has 0 N–H and O–H groups in total. The van der Waals surface area contributed by atoms with Crippen LogP contribution in [0, 0.1) is 12.3 Å². The molecule has 0 bridgehead atoms. The maximum atomic E-state index is 13.3. The molecule has 4 rings (SSSR count). The highest BCUT2D eigenvalue weighted by molar-refractivity contribution is 7.09. The van der Waals surface area contributed by atoms with Crippen LogP contribution in [-0.4, -0.2) is 10.9 Å². The van der Waals surface area contributed by atoms with Crippen LogP contribution in [0.25, 0.3) is 0 Å². The Morgan fingerprint density at radius 3 is 2.38 bits per heavy atom. The van der Waals surface area contributed by atoms with Crippen molar-refractivity contribution in [1.82, 2.24) is 4.98 Å². The van der Waals surface area contributed by atoms with Gasteiger partial charge in [-0.25, -0.2) is 4.98 Å². The summed E-state index contributed by atoms with van der Waals surface area (Å²) in [6.45, 7) is 6.03. The molecule has 1 aromatic heterocycles. The second-order valence-corrected chi connectivity index (χ2v) is 7.54. The number of anilines is 1. The Morgan fingerprint density at radius 1 is 1.15 bits per heavy atom. The van der Waals surface area contributed by atoms with Crippen LogP contribution < -0.4 is 4.90 Å². The number of para-hydroxylation sites is 1. The number of carbonyl (C=O) groups excluding carboxylic acids is 1.